The first kappa shape index (κ1) is 18.8. The molecule has 0 bridgehead atoms. The van der Waals surface area contributed by atoms with E-state index >= 15 is 0 Å². The average Bonchev–Trinajstić information content (AvgIpc) is 3.00. The number of rotatable bonds is 5. The molecule has 1 aromatic heterocycles. The molecule has 3 N–H and O–H groups in total. The molecule has 2 heterocycles. The molecule has 0 atom stereocenters. The maximum absolute atomic E-state index is 12.5. The third-order valence-electron chi connectivity index (χ3n) is 4.89. The molecule has 132 valence electrons. The number of methoxy groups -OCH3 is 1. The molecule has 1 amide bonds. The van der Waals surface area contributed by atoms with Crippen LogP contribution in [0.1, 0.15) is 24.0 Å². The van der Waals surface area contributed by atoms with E-state index in [2.05, 4.69) is 40.7 Å². The molecule has 1 fully saturated rings. The van der Waals surface area contributed by atoms with Gasteiger partial charge in [0.15, 0.2) is 0 Å². The number of carbonyl (C=O) groups excluding carboxylic acids is 1. The maximum Gasteiger partial charge on any atom is 0.252 e. The summed E-state index contributed by atoms with van der Waals surface area (Å²) >= 11 is 0. The average molecular weight is 352 g/mol. The van der Waals surface area contributed by atoms with Crippen LogP contribution >= 0.6 is 12.4 Å². The van der Waals surface area contributed by atoms with E-state index in [1.54, 1.807) is 7.11 Å². The molecule has 0 aliphatic carbocycles. The Hall–Kier alpha value is -1.56. The topological polar surface area (TPSA) is 66.1 Å². The molecule has 1 aromatic carbocycles. The third-order valence-corrected chi connectivity index (χ3v) is 4.89. The van der Waals surface area contributed by atoms with Crippen LogP contribution in [0.2, 0.25) is 0 Å². The number of aromatic nitrogens is 1. The van der Waals surface area contributed by atoms with Crippen molar-refractivity contribution < 1.29 is 9.53 Å². The second-order valence-electron chi connectivity index (χ2n) is 6.27. The number of piperidine rings is 1. The van der Waals surface area contributed by atoms with E-state index in [0.29, 0.717) is 6.54 Å². The predicted octanol–water partition coefficient (Wildman–Crippen LogP) is 2.33. The van der Waals surface area contributed by atoms with Crippen LogP contribution < -0.4 is 10.6 Å². The minimum Gasteiger partial charge on any atom is -0.368 e. The van der Waals surface area contributed by atoms with Crippen LogP contribution in [-0.2, 0) is 16.0 Å². The normalized spacial score (nSPS) is 16.6. The molecule has 0 saturated carbocycles. The van der Waals surface area contributed by atoms with Gasteiger partial charge in [-0.25, -0.2) is 0 Å². The van der Waals surface area contributed by atoms with Crippen LogP contribution in [0.3, 0.4) is 0 Å². The van der Waals surface area contributed by atoms with Crippen molar-refractivity contribution in [2.24, 2.45) is 0 Å². The fourth-order valence-corrected chi connectivity index (χ4v) is 3.47. The Bertz CT molecular complexity index is 693. The predicted molar refractivity (Wildman–Crippen MR) is 98.8 cm³/mol. The van der Waals surface area contributed by atoms with Gasteiger partial charge in [-0.2, -0.15) is 0 Å². The zero-order chi connectivity index (χ0) is 16.3. The fourth-order valence-electron chi connectivity index (χ4n) is 3.47. The van der Waals surface area contributed by atoms with E-state index in [-0.39, 0.29) is 18.3 Å². The quantitative estimate of drug-likeness (QED) is 0.774. The lowest BCUT2D eigenvalue weighted by Crippen LogP contribution is -2.54. The summed E-state index contributed by atoms with van der Waals surface area (Å²) in [6, 6.07) is 6.26. The van der Waals surface area contributed by atoms with Gasteiger partial charge in [-0.3, -0.25) is 4.79 Å². The van der Waals surface area contributed by atoms with E-state index in [9.17, 15) is 4.79 Å². The molecule has 1 saturated heterocycles. The monoisotopic (exact) mass is 351 g/mol. The number of hydrogen-bond donors (Lipinski definition) is 3. The lowest BCUT2D eigenvalue weighted by atomic mass is 9.91. The molecule has 6 heteroatoms. The summed E-state index contributed by atoms with van der Waals surface area (Å²) < 4.78 is 5.56. The standard InChI is InChI=1S/C18H25N3O2.ClH/c1-13-4-3-5-15-16(13)14(12-21-15)6-9-20-17(22)18(23-2)7-10-19-11-8-18;/h3-5,12,19,21H,6-11H2,1-2H3,(H,20,22);1H. The Morgan fingerprint density at radius 1 is 1.33 bits per heavy atom. The van der Waals surface area contributed by atoms with Crippen molar-refractivity contribution in [2.75, 3.05) is 26.7 Å². The zero-order valence-corrected chi connectivity index (χ0v) is 15.1. The molecule has 1 aliphatic rings. The number of halogens is 1. The largest absolute Gasteiger partial charge is 0.368 e. The van der Waals surface area contributed by atoms with Crippen molar-refractivity contribution in [3.05, 3.63) is 35.5 Å². The molecule has 24 heavy (non-hydrogen) atoms. The summed E-state index contributed by atoms with van der Waals surface area (Å²) in [4.78, 5) is 15.8. The number of nitrogens with one attached hydrogen (secondary N) is 3. The fraction of sp³-hybridized carbons (Fsp3) is 0.500. The number of carbonyl (C=O) groups is 1. The number of ether oxygens (including phenoxy) is 1. The maximum atomic E-state index is 12.5. The first-order valence-corrected chi connectivity index (χ1v) is 8.26. The molecular formula is C18H26ClN3O2. The van der Waals surface area contributed by atoms with Crippen LogP contribution in [0.15, 0.2) is 24.4 Å². The van der Waals surface area contributed by atoms with Crippen molar-refractivity contribution in [3.8, 4) is 0 Å². The highest BCUT2D eigenvalue weighted by atomic mass is 35.5. The molecule has 0 spiro atoms. The molecular weight excluding hydrogens is 326 g/mol. The third kappa shape index (κ3) is 3.58. The molecule has 0 radical (unpaired) electrons. The van der Waals surface area contributed by atoms with E-state index < -0.39 is 5.60 Å². The Balaban J connectivity index is 0.00000208. The number of amides is 1. The van der Waals surface area contributed by atoms with E-state index in [0.717, 1.165) is 37.9 Å². The Labute approximate surface area is 148 Å². The summed E-state index contributed by atoms with van der Waals surface area (Å²) in [5.74, 6) is 0.0121. The van der Waals surface area contributed by atoms with Gasteiger partial charge in [-0.05, 0) is 56.5 Å². The summed E-state index contributed by atoms with van der Waals surface area (Å²) in [7, 11) is 1.63. The van der Waals surface area contributed by atoms with Gasteiger partial charge in [-0.15, -0.1) is 12.4 Å². The number of benzene rings is 1. The molecule has 3 rings (SSSR count). The SMILES string of the molecule is COC1(C(=O)NCCc2c[nH]c3cccc(C)c23)CCNCC1.Cl. The van der Waals surface area contributed by atoms with E-state index in [1.165, 1.54) is 16.5 Å². The summed E-state index contributed by atoms with van der Waals surface area (Å²) in [6.07, 6.45) is 4.30. The first-order chi connectivity index (χ1) is 11.2. The number of hydrogen-bond acceptors (Lipinski definition) is 3. The van der Waals surface area contributed by atoms with Gasteiger partial charge in [0.1, 0.15) is 5.60 Å². The highest BCUT2D eigenvalue weighted by Crippen LogP contribution is 2.24. The van der Waals surface area contributed by atoms with Crippen molar-refractivity contribution >= 4 is 29.2 Å². The lowest BCUT2D eigenvalue weighted by molar-refractivity contribution is -0.146. The summed E-state index contributed by atoms with van der Waals surface area (Å²) in [5, 5.41) is 7.60. The minimum atomic E-state index is -0.665. The van der Waals surface area contributed by atoms with Crippen molar-refractivity contribution in [1.29, 1.82) is 0 Å². The second-order valence-corrected chi connectivity index (χ2v) is 6.27. The number of H-pyrrole nitrogens is 1. The Morgan fingerprint density at radius 3 is 2.79 bits per heavy atom. The smallest absolute Gasteiger partial charge is 0.252 e. The van der Waals surface area contributed by atoms with Crippen molar-refractivity contribution in [1.82, 2.24) is 15.6 Å². The van der Waals surface area contributed by atoms with Gasteiger partial charge in [0, 0.05) is 30.8 Å². The highest BCUT2D eigenvalue weighted by Gasteiger charge is 2.39. The van der Waals surface area contributed by atoms with Crippen molar-refractivity contribution in [3.63, 3.8) is 0 Å². The molecule has 1 aliphatic heterocycles. The zero-order valence-electron chi connectivity index (χ0n) is 14.3. The molecule has 5 nitrogen and oxygen atoms in total. The van der Waals surface area contributed by atoms with Gasteiger partial charge >= 0.3 is 0 Å². The minimum absolute atomic E-state index is 0. The summed E-state index contributed by atoms with van der Waals surface area (Å²) in [5.41, 5.74) is 2.99. The van der Waals surface area contributed by atoms with E-state index in [1.807, 2.05) is 6.20 Å². The molecule has 0 unspecified atom stereocenters. The lowest BCUT2D eigenvalue weighted by Gasteiger charge is -2.34. The molecule has 2 aromatic rings. The van der Waals surface area contributed by atoms with Gasteiger partial charge in [0.25, 0.3) is 5.91 Å². The first-order valence-electron chi connectivity index (χ1n) is 8.26. The number of aryl methyl sites for hydroxylation is 1. The van der Waals surface area contributed by atoms with E-state index in [4.69, 9.17) is 4.74 Å². The van der Waals surface area contributed by atoms with Crippen LogP contribution in [0, 0.1) is 6.92 Å². The van der Waals surface area contributed by atoms with Crippen LogP contribution in [-0.4, -0.2) is 43.2 Å². The highest BCUT2D eigenvalue weighted by molar-refractivity contribution is 5.87. The van der Waals surface area contributed by atoms with Crippen LogP contribution in [0.4, 0.5) is 0 Å². The van der Waals surface area contributed by atoms with Gasteiger partial charge < -0.3 is 20.4 Å². The summed E-state index contributed by atoms with van der Waals surface area (Å²) in [6.45, 7) is 4.39. The number of aromatic amines is 1. The Morgan fingerprint density at radius 2 is 2.08 bits per heavy atom. The van der Waals surface area contributed by atoms with Gasteiger partial charge in [0.05, 0.1) is 0 Å². The van der Waals surface area contributed by atoms with Gasteiger partial charge in [0.2, 0.25) is 0 Å². The number of fused-ring (bicyclic) bond motifs is 1. The van der Waals surface area contributed by atoms with Crippen LogP contribution in [0.5, 0.6) is 0 Å². The van der Waals surface area contributed by atoms with Crippen LogP contribution in [0.25, 0.3) is 10.9 Å². The van der Waals surface area contributed by atoms with Crippen molar-refractivity contribution in [2.45, 2.75) is 31.8 Å². The Kier molecular flexibility index (Phi) is 6.27. The van der Waals surface area contributed by atoms with Gasteiger partial charge in [-0.1, -0.05) is 12.1 Å². The second kappa shape index (κ2) is 8.01.